The summed E-state index contributed by atoms with van der Waals surface area (Å²) in [5.41, 5.74) is 1.06. The number of halogens is 1. The molecule has 6 heteroatoms. The molecule has 1 aromatic heterocycles. The molecule has 0 amide bonds. The van der Waals surface area contributed by atoms with E-state index in [1.54, 1.807) is 19.3 Å². The molecule has 1 heterocycles. The van der Waals surface area contributed by atoms with Crippen molar-refractivity contribution < 1.29 is 4.74 Å². The Morgan fingerprint density at radius 1 is 1.26 bits per heavy atom. The van der Waals surface area contributed by atoms with Gasteiger partial charge in [0.2, 0.25) is 0 Å². The average Bonchev–Trinajstić information content (AvgIpc) is 2.84. The SMILES string of the molecule is CN=C(NCCOC1CCCCCC1)NCc1ccc(Cl)nc1. The Labute approximate surface area is 143 Å². The van der Waals surface area contributed by atoms with Gasteiger partial charge in [-0.2, -0.15) is 0 Å². The summed E-state index contributed by atoms with van der Waals surface area (Å²) < 4.78 is 5.96. The van der Waals surface area contributed by atoms with E-state index < -0.39 is 0 Å². The predicted molar refractivity (Wildman–Crippen MR) is 94.9 cm³/mol. The van der Waals surface area contributed by atoms with Crippen molar-refractivity contribution in [2.75, 3.05) is 20.2 Å². The molecule has 0 saturated heterocycles. The third-order valence-electron chi connectivity index (χ3n) is 4.02. The lowest BCUT2D eigenvalue weighted by atomic mass is 10.1. The summed E-state index contributed by atoms with van der Waals surface area (Å²) in [5.74, 6) is 0.768. The second-order valence-electron chi connectivity index (χ2n) is 5.83. The van der Waals surface area contributed by atoms with Crippen LogP contribution < -0.4 is 10.6 Å². The Morgan fingerprint density at radius 3 is 2.70 bits per heavy atom. The monoisotopic (exact) mass is 338 g/mol. The normalized spacial score (nSPS) is 16.9. The van der Waals surface area contributed by atoms with Crippen LogP contribution in [0.1, 0.15) is 44.1 Å². The molecule has 0 aromatic carbocycles. The molecule has 23 heavy (non-hydrogen) atoms. The number of nitrogens with one attached hydrogen (secondary N) is 2. The Morgan fingerprint density at radius 2 is 2.04 bits per heavy atom. The highest BCUT2D eigenvalue weighted by molar-refractivity contribution is 6.29. The van der Waals surface area contributed by atoms with Crippen LogP contribution in [0.25, 0.3) is 0 Å². The fourth-order valence-electron chi connectivity index (χ4n) is 2.72. The average molecular weight is 339 g/mol. The highest BCUT2D eigenvalue weighted by atomic mass is 35.5. The highest BCUT2D eigenvalue weighted by Gasteiger charge is 2.12. The van der Waals surface area contributed by atoms with Crippen molar-refractivity contribution in [2.45, 2.75) is 51.2 Å². The van der Waals surface area contributed by atoms with Gasteiger partial charge in [0.15, 0.2) is 5.96 Å². The molecule has 0 radical (unpaired) electrons. The van der Waals surface area contributed by atoms with Gasteiger partial charge < -0.3 is 15.4 Å². The van der Waals surface area contributed by atoms with E-state index in [9.17, 15) is 0 Å². The number of guanidine groups is 1. The van der Waals surface area contributed by atoms with Gasteiger partial charge in [-0.3, -0.25) is 4.99 Å². The summed E-state index contributed by atoms with van der Waals surface area (Å²) in [4.78, 5) is 8.28. The first kappa shape index (κ1) is 18.0. The van der Waals surface area contributed by atoms with Crippen LogP contribution in [0.3, 0.4) is 0 Å². The number of aromatic nitrogens is 1. The maximum atomic E-state index is 5.96. The fraction of sp³-hybridized carbons (Fsp3) is 0.647. The smallest absolute Gasteiger partial charge is 0.191 e. The third kappa shape index (κ3) is 7.18. The van der Waals surface area contributed by atoms with Crippen LogP contribution in [-0.2, 0) is 11.3 Å². The highest BCUT2D eigenvalue weighted by Crippen LogP contribution is 2.19. The first-order valence-corrected chi connectivity index (χ1v) is 8.82. The van der Waals surface area contributed by atoms with Gasteiger partial charge in [-0.25, -0.2) is 4.98 Å². The molecule has 2 rings (SSSR count). The quantitative estimate of drug-likeness (QED) is 0.275. The number of nitrogens with zero attached hydrogens (tertiary/aromatic N) is 2. The molecule has 1 aliphatic rings. The van der Waals surface area contributed by atoms with Gasteiger partial charge >= 0.3 is 0 Å². The zero-order chi connectivity index (χ0) is 16.3. The number of pyridine rings is 1. The van der Waals surface area contributed by atoms with Crippen molar-refractivity contribution in [1.29, 1.82) is 0 Å². The summed E-state index contributed by atoms with van der Waals surface area (Å²) in [7, 11) is 1.77. The molecule has 0 bridgehead atoms. The molecule has 5 nitrogen and oxygen atoms in total. The van der Waals surface area contributed by atoms with Gasteiger partial charge in [0, 0.05) is 26.3 Å². The molecule has 1 aliphatic carbocycles. The van der Waals surface area contributed by atoms with Crippen LogP contribution in [-0.4, -0.2) is 37.2 Å². The summed E-state index contributed by atoms with van der Waals surface area (Å²) in [6.45, 7) is 2.14. The largest absolute Gasteiger partial charge is 0.376 e. The van der Waals surface area contributed by atoms with E-state index in [1.165, 1.54) is 38.5 Å². The second kappa shape index (κ2) is 10.4. The number of hydrogen-bond acceptors (Lipinski definition) is 3. The van der Waals surface area contributed by atoms with E-state index >= 15 is 0 Å². The van der Waals surface area contributed by atoms with Gasteiger partial charge in [0.05, 0.1) is 12.7 Å². The molecular formula is C17H27ClN4O. The van der Waals surface area contributed by atoms with Crippen molar-refractivity contribution in [3.63, 3.8) is 0 Å². The summed E-state index contributed by atoms with van der Waals surface area (Å²) in [6, 6.07) is 3.74. The Hall–Kier alpha value is -1.33. The topological polar surface area (TPSA) is 58.5 Å². The van der Waals surface area contributed by atoms with E-state index in [1.807, 2.05) is 6.07 Å². The minimum Gasteiger partial charge on any atom is -0.376 e. The van der Waals surface area contributed by atoms with Crippen molar-refractivity contribution in [2.24, 2.45) is 4.99 Å². The Bertz CT molecular complexity index is 470. The van der Waals surface area contributed by atoms with Gasteiger partial charge in [-0.1, -0.05) is 43.4 Å². The summed E-state index contributed by atoms with van der Waals surface area (Å²) in [5, 5.41) is 7.03. The van der Waals surface area contributed by atoms with Crippen molar-refractivity contribution in [3.8, 4) is 0 Å². The number of ether oxygens (including phenoxy) is 1. The minimum absolute atomic E-state index is 0.439. The molecule has 0 aliphatic heterocycles. The standard InChI is InChI=1S/C17H27ClN4O/c1-19-17(22-13-14-8-9-16(18)21-12-14)20-10-11-23-15-6-4-2-3-5-7-15/h8-9,12,15H,2-7,10-11,13H2,1H3,(H2,19,20,22). The lowest BCUT2D eigenvalue weighted by Gasteiger charge is -2.16. The van der Waals surface area contributed by atoms with E-state index in [0.717, 1.165) is 18.1 Å². The van der Waals surface area contributed by atoms with Crippen molar-refractivity contribution in [3.05, 3.63) is 29.0 Å². The second-order valence-corrected chi connectivity index (χ2v) is 6.21. The van der Waals surface area contributed by atoms with Gasteiger partial charge in [0.25, 0.3) is 0 Å². The van der Waals surface area contributed by atoms with Crippen LogP contribution in [0.2, 0.25) is 5.15 Å². The molecule has 2 N–H and O–H groups in total. The maximum absolute atomic E-state index is 5.96. The molecule has 1 aromatic rings. The van der Waals surface area contributed by atoms with Gasteiger partial charge in [-0.15, -0.1) is 0 Å². The Kier molecular flexibility index (Phi) is 8.18. The molecule has 0 spiro atoms. The maximum Gasteiger partial charge on any atom is 0.191 e. The number of aliphatic imine (C=N–C) groups is 1. The molecule has 1 fully saturated rings. The van der Waals surface area contributed by atoms with Crippen LogP contribution in [0.15, 0.2) is 23.3 Å². The van der Waals surface area contributed by atoms with Crippen LogP contribution in [0.4, 0.5) is 0 Å². The number of hydrogen-bond donors (Lipinski definition) is 2. The van der Waals surface area contributed by atoms with Gasteiger partial charge in [-0.05, 0) is 24.5 Å². The lowest BCUT2D eigenvalue weighted by Crippen LogP contribution is -2.38. The minimum atomic E-state index is 0.439. The van der Waals surface area contributed by atoms with E-state index in [2.05, 4.69) is 20.6 Å². The van der Waals surface area contributed by atoms with Crippen molar-refractivity contribution in [1.82, 2.24) is 15.6 Å². The van der Waals surface area contributed by atoms with Crippen LogP contribution in [0, 0.1) is 0 Å². The molecular weight excluding hydrogens is 312 g/mol. The molecule has 0 atom stereocenters. The first-order valence-electron chi connectivity index (χ1n) is 8.44. The fourth-order valence-corrected chi connectivity index (χ4v) is 2.83. The number of rotatable bonds is 6. The molecule has 128 valence electrons. The van der Waals surface area contributed by atoms with Crippen LogP contribution in [0.5, 0.6) is 0 Å². The Balaban J connectivity index is 1.61. The lowest BCUT2D eigenvalue weighted by molar-refractivity contribution is 0.0468. The van der Waals surface area contributed by atoms with Crippen LogP contribution >= 0.6 is 11.6 Å². The first-order chi connectivity index (χ1) is 11.3. The molecule has 0 unspecified atom stereocenters. The zero-order valence-corrected chi connectivity index (χ0v) is 14.6. The van der Waals surface area contributed by atoms with E-state index in [0.29, 0.717) is 24.4 Å². The predicted octanol–water partition coefficient (Wildman–Crippen LogP) is 3.14. The summed E-state index contributed by atoms with van der Waals surface area (Å²) in [6.07, 6.45) is 9.93. The zero-order valence-electron chi connectivity index (χ0n) is 13.9. The van der Waals surface area contributed by atoms with E-state index in [-0.39, 0.29) is 0 Å². The third-order valence-corrected chi connectivity index (χ3v) is 4.25. The summed E-state index contributed by atoms with van der Waals surface area (Å²) >= 11 is 5.78. The molecule has 1 saturated carbocycles. The van der Waals surface area contributed by atoms with E-state index in [4.69, 9.17) is 16.3 Å². The van der Waals surface area contributed by atoms with Gasteiger partial charge in [0.1, 0.15) is 5.15 Å². The van der Waals surface area contributed by atoms with Crippen molar-refractivity contribution >= 4 is 17.6 Å².